The van der Waals surface area contributed by atoms with Gasteiger partial charge in [-0.1, -0.05) is 363 Å². The van der Waals surface area contributed by atoms with E-state index < -0.39 is 97.5 Å². The summed E-state index contributed by atoms with van der Waals surface area (Å²) in [6.07, 6.45) is 59.9. The van der Waals surface area contributed by atoms with Crippen LogP contribution in [0.3, 0.4) is 0 Å². The van der Waals surface area contributed by atoms with Gasteiger partial charge in [-0.2, -0.15) is 0 Å². The standard InChI is InChI=1S/C79H154O17P2/c1-7-10-12-14-16-18-20-22-24-26-27-28-30-32-34-36-38-43-51-57-63-78(83)95-74(67-89-76(81)61-55-49-42-37-35-33-31-29-25-23-21-19-17-15-13-11-8-2)69-93-97(85,86)91-65-73(80)66-92-98(87,88)94-70-75(68-90-77(82)62-56-50-46-45-47-53-59-71(4)5)96-79(84)64-58-52-44-40-39-41-48-54-60-72(6)9-3/h71-75,80H,7-70H2,1-6H3,(H,85,86)(H,87,88)/t72?,73-,74-,75-/m1/s1. The number of hydrogen-bond donors (Lipinski definition) is 3. The molecule has 0 saturated carbocycles. The molecule has 0 saturated heterocycles. The summed E-state index contributed by atoms with van der Waals surface area (Å²) in [5, 5.41) is 10.6. The molecule has 0 aromatic heterocycles. The molecule has 0 amide bonds. The number of unbranched alkanes of at least 4 members (excludes halogenated alkanes) is 47. The lowest BCUT2D eigenvalue weighted by molar-refractivity contribution is -0.161. The van der Waals surface area contributed by atoms with Crippen LogP contribution in [0, 0.1) is 11.8 Å². The lowest BCUT2D eigenvalue weighted by Crippen LogP contribution is -2.30. The fourth-order valence-electron chi connectivity index (χ4n) is 12.2. The van der Waals surface area contributed by atoms with E-state index in [1.807, 2.05) is 0 Å². The number of phosphoric acid groups is 2. The number of phosphoric ester groups is 2. The summed E-state index contributed by atoms with van der Waals surface area (Å²) in [5.74, 6) is -0.667. The summed E-state index contributed by atoms with van der Waals surface area (Å²) in [6.45, 7) is 9.53. The largest absolute Gasteiger partial charge is 0.472 e. The van der Waals surface area contributed by atoms with Crippen LogP contribution in [-0.2, 0) is 65.4 Å². The average molecular weight is 1440 g/mol. The van der Waals surface area contributed by atoms with Crippen molar-refractivity contribution in [2.75, 3.05) is 39.6 Å². The minimum absolute atomic E-state index is 0.104. The van der Waals surface area contributed by atoms with Gasteiger partial charge >= 0.3 is 39.5 Å². The summed E-state index contributed by atoms with van der Waals surface area (Å²) in [7, 11) is -9.91. The Hall–Kier alpha value is -1.94. The van der Waals surface area contributed by atoms with Gasteiger partial charge in [0.2, 0.25) is 0 Å². The topological polar surface area (TPSA) is 237 Å². The summed E-state index contributed by atoms with van der Waals surface area (Å²) in [5.41, 5.74) is 0. The molecular weight excluding hydrogens is 1280 g/mol. The third kappa shape index (κ3) is 71.1. The maximum Gasteiger partial charge on any atom is 0.472 e. The molecule has 0 heterocycles. The van der Waals surface area contributed by atoms with Gasteiger partial charge in [0, 0.05) is 25.7 Å². The molecule has 17 nitrogen and oxygen atoms in total. The second kappa shape index (κ2) is 70.7. The quantitative estimate of drug-likeness (QED) is 0.0222. The highest BCUT2D eigenvalue weighted by Gasteiger charge is 2.30. The van der Waals surface area contributed by atoms with Crippen molar-refractivity contribution in [3.05, 3.63) is 0 Å². The highest BCUT2D eigenvalue weighted by molar-refractivity contribution is 7.47. The Morgan fingerprint density at radius 2 is 0.520 bits per heavy atom. The zero-order chi connectivity index (χ0) is 72.1. The van der Waals surface area contributed by atoms with E-state index in [1.54, 1.807) is 0 Å². The van der Waals surface area contributed by atoms with E-state index in [9.17, 15) is 43.2 Å². The zero-order valence-corrected chi connectivity index (χ0v) is 65.9. The number of rotatable bonds is 78. The Bertz CT molecular complexity index is 1890. The number of hydrogen-bond acceptors (Lipinski definition) is 15. The first-order chi connectivity index (χ1) is 47.4. The van der Waals surface area contributed by atoms with Gasteiger partial charge in [0.15, 0.2) is 12.2 Å². The molecule has 0 aliphatic heterocycles. The molecule has 0 aliphatic carbocycles. The van der Waals surface area contributed by atoms with Crippen LogP contribution in [0.25, 0.3) is 0 Å². The Labute approximate surface area is 600 Å². The van der Waals surface area contributed by atoms with Crippen LogP contribution in [0.1, 0.15) is 414 Å². The normalized spacial score (nSPS) is 14.2. The highest BCUT2D eigenvalue weighted by atomic mass is 31.2. The maximum absolute atomic E-state index is 13.1. The molecule has 98 heavy (non-hydrogen) atoms. The summed E-state index contributed by atoms with van der Waals surface area (Å²) >= 11 is 0. The van der Waals surface area contributed by atoms with Crippen LogP contribution in [0.5, 0.6) is 0 Å². The molecule has 0 aromatic carbocycles. The predicted octanol–water partition coefficient (Wildman–Crippen LogP) is 23.5. The summed E-state index contributed by atoms with van der Waals surface area (Å²) in [4.78, 5) is 72.9. The van der Waals surface area contributed by atoms with E-state index in [2.05, 4.69) is 41.5 Å². The zero-order valence-electron chi connectivity index (χ0n) is 64.1. The number of carbonyl (C=O) groups is 4. The number of aliphatic hydroxyl groups excluding tert-OH is 1. The van der Waals surface area contributed by atoms with Crippen LogP contribution in [-0.4, -0.2) is 96.7 Å². The Morgan fingerprint density at radius 3 is 0.776 bits per heavy atom. The molecule has 6 atom stereocenters. The van der Waals surface area contributed by atoms with Crippen molar-refractivity contribution in [1.29, 1.82) is 0 Å². The van der Waals surface area contributed by atoms with E-state index >= 15 is 0 Å². The number of ether oxygens (including phenoxy) is 4. The van der Waals surface area contributed by atoms with Gasteiger partial charge in [0.25, 0.3) is 0 Å². The summed E-state index contributed by atoms with van der Waals surface area (Å²) in [6, 6.07) is 0. The Kier molecular flexibility index (Phi) is 69.3. The molecule has 19 heteroatoms. The van der Waals surface area contributed by atoms with Crippen LogP contribution in [0.15, 0.2) is 0 Å². The maximum atomic E-state index is 13.1. The van der Waals surface area contributed by atoms with Crippen molar-refractivity contribution in [2.45, 2.75) is 432 Å². The lowest BCUT2D eigenvalue weighted by Gasteiger charge is -2.21. The fourth-order valence-corrected chi connectivity index (χ4v) is 13.7. The molecule has 3 N–H and O–H groups in total. The molecule has 0 radical (unpaired) electrons. The molecule has 582 valence electrons. The van der Waals surface area contributed by atoms with Crippen LogP contribution in [0.4, 0.5) is 0 Å². The van der Waals surface area contributed by atoms with Crippen molar-refractivity contribution in [1.82, 2.24) is 0 Å². The highest BCUT2D eigenvalue weighted by Crippen LogP contribution is 2.45. The van der Waals surface area contributed by atoms with Gasteiger partial charge in [-0.15, -0.1) is 0 Å². The molecule has 0 spiro atoms. The van der Waals surface area contributed by atoms with Crippen LogP contribution >= 0.6 is 15.6 Å². The van der Waals surface area contributed by atoms with Crippen LogP contribution < -0.4 is 0 Å². The summed E-state index contributed by atoms with van der Waals surface area (Å²) < 4.78 is 68.6. The van der Waals surface area contributed by atoms with Gasteiger partial charge in [0.05, 0.1) is 26.4 Å². The molecular formula is C79H154O17P2. The minimum Gasteiger partial charge on any atom is -0.462 e. The lowest BCUT2D eigenvalue weighted by atomic mass is 9.99. The van der Waals surface area contributed by atoms with Crippen molar-refractivity contribution in [3.63, 3.8) is 0 Å². The van der Waals surface area contributed by atoms with Gasteiger partial charge in [0.1, 0.15) is 19.3 Å². The monoisotopic (exact) mass is 1440 g/mol. The third-order valence-corrected chi connectivity index (χ3v) is 20.7. The molecule has 0 aliphatic rings. The Morgan fingerprint density at radius 1 is 0.296 bits per heavy atom. The number of carbonyl (C=O) groups excluding carboxylic acids is 4. The molecule has 0 bridgehead atoms. The molecule has 3 unspecified atom stereocenters. The van der Waals surface area contributed by atoms with Gasteiger partial charge in [-0.3, -0.25) is 37.3 Å². The Balaban J connectivity index is 5.21. The number of aliphatic hydroxyl groups is 1. The molecule has 0 aromatic rings. The third-order valence-electron chi connectivity index (χ3n) is 18.8. The first-order valence-corrected chi connectivity index (χ1v) is 44.0. The number of esters is 4. The SMILES string of the molecule is CCCCCCCCCCCCCCCCCCCCCCC(=O)O[C@H](COC(=O)CCCCCCCCCCCCCCCCCCC)COP(=O)(O)OC[C@@H](O)COP(=O)(O)OC[C@@H](COC(=O)CCCCCCCCC(C)C)OC(=O)CCCCCCCCCCC(C)CC. The van der Waals surface area contributed by atoms with E-state index in [4.69, 9.17) is 37.0 Å². The first-order valence-electron chi connectivity index (χ1n) is 41.0. The van der Waals surface area contributed by atoms with E-state index in [0.717, 1.165) is 102 Å². The van der Waals surface area contributed by atoms with Crippen molar-refractivity contribution in [2.24, 2.45) is 11.8 Å². The fraction of sp³-hybridized carbons (Fsp3) is 0.949. The smallest absolute Gasteiger partial charge is 0.462 e. The minimum atomic E-state index is -4.96. The molecule has 0 rings (SSSR count). The van der Waals surface area contributed by atoms with Crippen LogP contribution in [0.2, 0.25) is 0 Å². The predicted molar refractivity (Wildman–Crippen MR) is 400 cm³/mol. The van der Waals surface area contributed by atoms with Crippen molar-refractivity contribution < 1.29 is 80.2 Å². The van der Waals surface area contributed by atoms with E-state index in [1.165, 1.54) is 225 Å². The first kappa shape index (κ1) is 96.1. The van der Waals surface area contributed by atoms with Gasteiger partial charge < -0.3 is 33.8 Å². The average Bonchev–Trinajstić information content (AvgIpc) is 3.26. The van der Waals surface area contributed by atoms with Gasteiger partial charge in [-0.25, -0.2) is 9.13 Å². The van der Waals surface area contributed by atoms with Gasteiger partial charge in [-0.05, 0) is 37.5 Å². The van der Waals surface area contributed by atoms with E-state index in [-0.39, 0.29) is 25.7 Å². The molecule has 0 fully saturated rings. The van der Waals surface area contributed by atoms with Crippen molar-refractivity contribution in [3.8, 4) is 0 Å². The second-order valence-corrected chi connectivity index (χ2v) is 32.1. The van der Waals surface area contributed by atoms with E-state index in [0.29, 0.717) is 31.6 Å². The second-order valence-electron chi connectivity index (χ2n) is 29.2. The van der Waals surface area contributed by atoms with Crippen molar-refractivity contribution >= 4 is 39.5 Å².